The quantitative estimate of drug-likeness (QED) is 0.321. The van der Waals surface area contributed by atoms with Gasteiger partial charge in [0.25, 0.3) is 0 Å². The summed E-state index contributed by atoms with van der Waals surface area (Å²) in [6.45, 7) is 0.296. The molecule has 5 rings (SSSR count). The maximum atomic E-state index is 14.6. The normalized spacial score (nSPS) is 29.1. The van der Waals surface area contributed by atoms with Crippen LogP contribution in [0.25, 0.3) is 10.8 Å². The number of ether oxygens (including phenoxy) is 1. The van der Waals surface area contributed by atoms with Crippen molar-refractivity contribution >= 4 is 10.8 Å². The van der Waals surface area contributed by atoms with Crippen LogP contribution < -0.4 is 4.74 Å². The van der Waals surface area contributed by atoms with E-state index in [-0.39, 0.29) is 54.8 Å². The lowest BCUT2D eigenvalue weighted by atomic mass is 9.77. The highest BCUT2D eigenvalue weighted by Gasteiger charge is 2.44. The number of benzene rings is 2. The van der Waals surface area contributed by atoms with Crippen LogP contribution in [0.2, 0.25) is 0 Å². The maximum Gasteiger partial charge on any atom is 0.420 e. The molecule has 2 aliphatic heterocycles. The van der Waals surface area contributed by atoms with Gasteiger partial charge in [0.1, 0.15) is 11.3 Å². The number of piperidine rings is 2. The fourth-order valence-corrected chi connectivity index (χ4v) is 6.85. The van der Waals surface area contributed by atoms with E-state index in [1.165, 1.54) is 6.07 Å². The molecule has 2 aromatic rings. The van der Waals surface area contributed by atoms with E-state index in [0.29, 0.717) is 30.3 Å². The molecule has 3 aliphatic rings. The largest absolute Gasteiger partial charge is 0.490 e. The summed E-state index contributed by atoms with van der Waals surface area (Å²) < 4.78 is 88.7. The van der Waals surface area contributed by atoms with Gasteiger partial charge >= 0.3 is 12.4 Å². The van der Waals surface area contributed by atoms with Gasteiger partial charge in [-0.3, -0.25) is 4.90 Å². The fourth-order valence-electron chi connectivity index (χ4n) is 6.85. The maximum absolute atomic E-state index is 14.6. The molecule has 2 aromatic carbocycles. The van der Waals surface area contributed by atoms with E-state index in [4.69, 9.17) is 4.74 Å². The molecule has 38 heavy (non-hydrogen) atoms. The first-order chi connectivity index (χ1) is 17.9. The minimum Gasteiger partial charge on any atom is -0.490 e. The molecule has 10 heteroatoms. The molecule has 4 nitrogen and oxygen atoms in total. The second kappa shape index (κ2) is 10.5. The summed E-state index contributed by atoms with van der Waals surface area (Å²) in [4.78, 5) is 2.21. The summed E-state index contributed by atoms with van der Waals surface area (Å²) in [6.07, 6.45) is -7.48. The summed E-state index contributed by atoms with van der Waals surface area (Å²) >= 11 is 0. The van der Waals surface area contributed by atoms with Crippen LogP contribution in [-0.2, 0) is 12.7 Å². The molecule has 1 saturated carbocycles. The minimum absolute atomic E-state index is 0.0518. The van der Waals surface area contributed by atoms with Gasteiger partial charge < -0.3 is 14.9 Å². The van der Waals surface area contributed by atoms with Crippen molar-refractivity contribution in [2.45, 2.75) is 101 Å². The van der Waals surface area contributed by atoms with Gasteiger partial charge in [0.15, 0.2) is 6.29 Å². The molecule has 0 radical (unpaired) electrons. The summed E-state index contributed by atoms with van der Waals surface area (Å²) in [5, 5.41) is 20.0. The molecular formula is C28H33F6NO3. The Bertz CT molecular complexity index is 1110. The second-order valence-electron chi connectivity index (χ2n) is 11.1. The lowest BCUT2D eigenvalue weighted by molar-refractivity contribution is -0.185. The minimum atomic E-state index is -4.72. The predicted molar refractivity (Wildman–Crippen MR) is 129 cm³/mol. The average molecular weight is 546 g/mol. The predicted octanol–water partition coefficient (Wildman–Crippen LogP) is 6.80. The van der Waals surface area contributed by atoms with Gasteiger partial charge in [0, 0.05) is 29.9 Å². The van der Waals surface area contributed by atoms with Crippen molar-refractivity contribution in [3.8, 4) is 5.75 Å². The van der Waals surface area contributed by atoms with E-state index in [1.807, 2.05) is 0 Å². The molecule has 0 aromatic heterocycles. The Morgan fingerprint density at radius 2 is 1.53 bits per heavy atom. The number of hydrogen-bond acceptors (Lipinski definition) is 4. The number of aliphatic hydroxyl groups is 2. The van der Waals surface area contributed by atoms with Crippen molar-refractivity contribution < 1.29 is 41.3 Å². The van der Waals surface area contributed by atoms with Crippen molar-refractivity contribution in [2.75, 3.05) is 0 Å². The summed E-state index contributed by atoms with van der Waals surface area (Å²) in [5.74, 6) is -2.02. The Labute approximate surface area is 217 Å². The molecule has 210 valence electrons. The van der Waals surface area contributed by atoms with Gasteiger partial charge in [-0.2, -0.15) is 26.3 Å². The lowest BCUT2D eigenvalue weighted by Crippen LogP contribution is -2.53. The zero-order valence-electron chi connectivity index (χ0n) is 20.9. The van der Waals surface area contributed by atoms with Gasteiger partial charge in [-0.25, -0.2) is 0 Å². The number of fused-ring (bicyclic) bond motifs is 3. The first kappa shape index (κ1) is 27.5. The zero-order valence-corrected chi connectivity index (χ0v) is 20.9. The van der Waals surface area contributed by atoms with Gasteiger partial charge in [0.05, 0.1) is 12.0 Å². The second-order valence-corrected chi connectivity index (χ2v) is 11.1. The van der Waals surface area contributed by atoms with Crippen LogP contribution in [0.15, 0.2) is 30.3 Å². The summed E-state index contributed by atoms with van der Waals surface area (Å²) in [5.41, 5.74) is -0.365. The highest BCUT2D eigenvalue weighted by molar-refractivity contribution is 5.91. The van der Waals surface area contributed by atoms with Crippen LogP contribution in [0.3, 0.4) is 0 Å². The molecular weight excluding hydrogens is 512 g/mol. The Morgan fingerprint density at radius 1 is 0.868 bits per heavy atom. The smallest absolute Gasteiger partial charge is 0.420 e. The third-order valence-electron chi connectivity index (χ3n) is 8.74. The number of rotatable bonds is 5. The number of nitrogens with zero attached hydrogens (tertiary/aromatic N) is 1. The first-order valence-electron chi connectivity index (χ1n) is 13.4. The Morgan fingerprint density at radius 3 is 2.11 bits per heavy atom. The molecule has 0 amide bonds. The Hall–Kier alpha value is -2.04. The van der Waals surface area contributed by atoms with Gasteiger partial charge in [-0.15, -0.1) is 0 Å². The topological polar surface area (TPSA) is 52.9 Å². The highest BCUT2D eigenvalue weighted by Crippen LogP contribution is 2.46. The van der Waals surface area contributed by atoms with Crippen molar-refractivity contribution in [2.24, 2.45) is 11.8 Å². The average Bonchev–Trinajstić information content (AvgIpc) is 2.83. The van der Waals surface area contributed by atoms with Crippen molar-refractivity contribution in [3.05, 3.63) is 41.5 Å². The Balaban J connectivity index is 1.45. The summed E-state index contributed by atoms with van der Waals surface area (Å²) in [6, 6.07) is 8.04. The number of halogens is 6. The van der Waals surface area contributed by atoms with E-state index in [1.54, 1.807) is 24.3 Å². The number of aliphatic hydroxyl groups excluding tert-OH is 1. The van der Waals surface area contributed by atoms with E-state index in [2.05, 4.69) is 4.90 Å². The van der Waals surface area contributed by atoms with Crippen molar-refractivity contribution in [1.82, 2.24) is 4.90 Å². The standard InChI is InChI=1S/C28H33F6NO3/c29-27(30,31)19-8-10-22(11-9-19)38-23-12-7-16-3-1-4-17(24(16)25(23)28(32,33)34)15-35-20-5-2-6-21(35)14-18(13-20)26(36)37/h1,3-4,7,12,18-22,26,36-37H,2,5-6,8-11,13-15H2/t18?,19-,20?,21?,22+. The summed E-state index contributed by atoms with van der Waals surface area (Å²) in [7, 11) is 0. The van der Waals surface area contributed by atoms with Crippen LogP contribution in [0.5, 0.6) is 5.75 Å². The van der Waals surface area contributed by atoms with Crippen LogP contribution in [0.1, 0.15) is 68.9 Å². The third-order valence-corrected chi connectivity index (χ3v) is 8.74. The van der Waals surface area contributed by atoms with Crippen LogP contribution in [0, 0.1) is 11.8 Å². The van der Waals surface area contributed by atoms with Gasteiger partial charge in [0.2, 0.25) is 0 Å². The zero-order chi connectivity index (χ0) is 27.2. The van der Waals surface area contributed by atoms with Gasteiger partial charge in [-0.1, -0.05) is 30.7 Å². The van der Waals surface area contributed by atoms with Crippen molar-refractivity contribution in [3.63, 3.8) is 0 Å². The fraction of sp³-hybridized carbons (Fsp3) is 0.643. The molecule has 2 unspecified atom stereocenters. The van der Waals surface area contributed by atoms with Gasteiger partial charge in [-0.05, 0) is 68.4 Å². The van der Waals surface area contributed by atoms with E-state index in [9.17, 15) is 36.6 Å². The molecule has 2 N–H and O–H groups in total. The molecule has 1 aliphatic carbocycles. The molecule has 2 heterocycles. The third kappa shape index (κ3) is 5.63. The molecule has 0 spiro atoms. The number of hydrogen-bond donors (Lipinski definition) is 2. The van der Waals surface area contributed by atoms with Crippen LogP contribution in [0.4, 0.5) is 26.3 Å². The SMILES string of the molecule is OC(O)C1CC2CCCC(C1)N2Cc1cccc2ccc(O[C@H]3CC[C@@H](C(F)(F)F)CC3)c(C(F)(F)F)c12. The molecule has 3 fully saturated rings. The van der Waals surface area contributed by atoms with E-state index < -0.39 is 36.2 Å². The molecule has 2 saturated heterocycles. The Kier molecular flexibility index (Phi) is 7.61. The highest BCUT2D eigenvalue weighted by atomic mass is 19.4. The first-order valence-corrected chi connectivity index (χ1v) is 13.4. The van der Waals surface area contributed by atoms with Crippen LogP contribution in [-0.4, -0.2) is 45.8 Å². The van der Waals surface area contributed by atoms with E-state index in [0.717, 1.165) is 19.3 Å². The molecule has 2 atom stereocenters. The monoisotopic (exact) mass is 545 g/mol. The van der Waals surface area contributed by atoms with E-state index >= 15 is 0 Å². The molecule has 2 bridgehead atoms. The van der Waals surface area contributed by atoms with Crippen LogP contribution >= 0.6 is 0 Å². The van der Waals surface area contributed by atoms with Crippen molar-refractivity contribution in [1.29, 1.82) is 0 Å². The number of alkyl halides is 6. The lowest BCUT2D eigenvalue weighted by Gasteiger charge is -2.49.